The minimum absolute atomic E-state index is 1.24. The molecule has 0 unspecified atom stereocenters. The van der Waals surface area contributed by atoms with Crippen molar-refractivity contribution in [1.29, 1.82) is 0 Å². The van der Waals surface area contributed by atoms with E-state index in [1.807, 2.05) is 0 Å². The van der Waals surface area contributed by atoms with Gasteiger partial charge in [0, 0.05) is 0 Å². The minimum Gasteiger partial charge on any atom is -0.0785 e. The maximum absolute atomic E-state index is 2.28. The van der Waals surface area contributed by atoms with Crippen LogP contribution in [0.3, 0.4) is 0 Å². The van der Waals surface area contributed by atoms with Crippen LogP contribution >= 0.6 is 22.6 Å². The molecule has 0 aliphatic heterocycles. The third-order valence-electron chi connectivity index (χ3n) is 2.52. The number of aryl methyl sites for hydroxylation is 1. The lowest BCUT2D eigenvalue weighted by Crippen LogP contribution is -1.85. The lowest BCUT2D eigenvalue weighted by atomic mass is 10.1. The Morgan fingerprint density at radius 2 is 1.67 bits per heavy atom. The SMILES string of the molecule is I/C=C/CCCCCCc1ccccc1. The molecule has 0 heterocycles. The Balaban J connectivity index is 1.98. The second-order valence-corrected chi connectivity index (χ2v) is 4.52. The molecule has 0 nitrogen and oxygen atoms in total. The normalized spacial score (nSPS) is 11.0. The van der Waals surface area contributed by atoms with Crippen LogP contribution in [-0.2, 0) is 6.42 Å². The molecule has 0 saturated carbocycles. The summed E-state index contributed by atoms with van der Waals surface area (Å²) in [6, 6.07) is 10.8. The van der Waals surface area contributed by atoms with Crippen molar-refractivity contribution in [1.82, 2.24) is 0 Å². The number of hydrogen-bond acceptors (Lipinski definition) is 0. The van der Waals surface area contributed by atoms with Gasteiger partial charge in [-0.05, 0) is 35.3 Å². The molecular formula is C14H19I. The van der Waals surface area contributed by atoms with Crippen LogP contribution in [0.1, 0.15) is 37.7 Å². The van der Waals surface area contributed by atoms with Gasteiger partial charge in [0.05, 0.1) is 0 Å². The van der Waals surface area contributed by atoms with E-state index in [9.17, 15) is 0 Å². The van der Waals surface area contributed by atoms with Crippen molar-refractivity contribution in [3.05, 3.63) is 46.1 Å². The predicted molar refractivity (Wildman–Crippen MR) is 76.4 cm³/mol. The Labute approximate surface area is 107 Å². The Kier molecular flexibility index (Phi) is 7.62. The molecule has 1 heteroatoms. The van der Waals surface area contributed by atoms with Crippen LogP contribution in [0.15, 0.2) is 40.5 Å². The maximum Gasteiger partial charge on any atom is -0.0274 e. The van der Waals surface area contributed by atoms with E-state index in [1.165, 1.54) is 44.1 Å². The first-order chi connectivity index (χ1) is 7.43. The first kappa shape index (κ1) is 12.8. The van der Waals surface area contributed by atoms with Crippen molar-refractivity contribution in [3.63, 3.8) is 0 Å². The first-order valence-electron chi connectivity index (χ1n) is 5.72. The van der Waals surface area contributed by atoms with E-state index in [-0.39, 0.29) is 0 Å². The molecule has 0 fully saturated rings. The van der Waals surface area contributed by atoms with Gasteiger partial charge in [-0.2, -0.15) is 0 Å². The highest BCUT2D eigenvalue weighted by atomic mass is 127. The van der Waals surface area contributed by atoms with E-state index >= 15 is 0 Å². The van der Waals surface area contributed by atoms with Gasteiger partial charge in [0.1, 0.15) is 0 Å². The van der Waals surface area contributed by atoms with Gasteiger partial charge in [0.2, 0.25) is 0 Å². The van der Waals surface area contributed by atoms with Gasteiger partial charge in [-0.25, -0.2) is 0 Å². The second kappa shape index (κ2) is 8.96. The highest BCUT2D eigenvalue weighted by Gasteiger charge is 1.92. The van der Waals surface area contributed by atoms with Gasteiger partial charge < -0.3 is 0 Å². The maximum atomic E-state index is 2.28. The highest BCUT2D eigenvalue weighted by Crippen LogP contribution is 2.09. The smallest absolute Gasteiger partial charge is 0.0274 e. The first-order valence-corrected chi connectivity index (χ1v) is 6.97. The molecule has 0 aromatic heterocycles. The summed E-state index contributed by atoms with van der Waals surface area (Å²) in [6.45, 7) is 0. The van der Waals surface area contributed by atoms with Crippen LogP contribution in [0, 0.1) is 0 Å². The van der Waals surface area contributed by atoms with Gasteiger partial charge in [-0.1, -0.05) is 71.8 Å². The molecule has 1 aromatic carbocycles. The average molecular weight is 314 g/mol. The van der Waals surface area contributed by atoms with E-state index in [0.717, 1.165) is 0 Å². The zero-order valence-electron chi connectivity index (χ0n) is 9.16. The summed E-state index contributed by atoms with van der Waals surface area (Å²) in [5.74, 6) is 0. The van der Waals surface area contributed by atoms with Crippen LogP contribution < -0.4 is 0 Å². The van der Waals surface area contributed by atoms with Gasteiger partial charge in [-0.3, -0.25) is 0 Å². The third kappa shape index (κ3) is 6.72. The molecular weight excluding hydrogens is 295 g/mol. The summed E-state index contributed by atoms with van der Waals surface area (Å²) < 4.78 is 2.11. The fraction of sp³-hybridized carbons (Fsp3) is 0.429. The Morgan fingerprint density at radius 1 is 0.933 bits per heavy atom. The Hall–Kier alpha value is -0.310. The fourth-order valence-corrected chi connectivity index (χ4v) is 2.01. The standard InChI is InChI=1S/C14H19I/c15-13-9-4-2-1-3-6-10-14-11-7-5-8-12-14/h5,7-9,11-13H,1-4,6,10H2/b13-9+. The number of hydrogen-bond donors (Lipinski definition) is 0. The molecule has 15 heavy (non-hydrogen) atoms. The van der Waals surface area contributed by atoms with Crippen LogP contribution in [-0.4, -0.2) is 0 Å². The van der Waals surface area contributed by atoms with Crippen molar-refractivity contribution in [3.8, 4) is 0 Å². The number of halogens is 1. The van der Waals surface area contributed by atoms with Crippen molar-refractivity contribution in [2.75, 3.05) is 0 Å². The van der Waals surface area contributed by atoms with E-state index in [1.54, 1.807) is 0 Å². The van der Waals surface area contributed by atoms with E-state index < -0.39 is 0 Å². The molecule has 0 spiro atoms. The Morgan fingerprint density at radius 3 is 2.40 bits per heavy atom. The lowest BCUT2D eigenvalue weighted by molar-refractivity contribution is 0.646. The summed E-state index contributed by atoms with van der Waals surface area (Å²) in [5.41, 5.74) is 1.48. The molecule has 0 saturated heterocycles. The molecule has 0 N–H and O–H groups in total. The topological polar surface area (TPSA) is 0 Å². The van der Waals surface area contributed by atoms with Crippen LogP contribution in [0.4, 0.5) is 0 Å². The molecule has 0 aliphatic rings. The minimum atomic E-state index is 1.24. The quantitative estimate of drug-likeness (QED) is 0.483. The molecule has 82 valence electrons. The number of unbranched alkanes of at least 4 members (excludes halogenated alkanes) is 4. The van der Waals surface area contributed by atoms with Crippen molar-refractivity contribution in [2.24, 2.45) is 0 Å². The lowest BCUT2D eigenvalue weighted by Gasteiger charge is -2.00. The highest BCUT2D eigenvalue weighted by molar-refractivity contribution is 14.1. The van der Waals surface area contributed by atoms with Gasteiger partial charge in [0.15, 0.2) is 0 Å². The monoisotopic (exact) mass is 314 g/mol. The summed E-state index contributed by atoms with van der Waals surface area (Å²) in [4.78, 5) is 0. The van der Waals surface area contributed by atoms with Crippen LogP contribution in [0.5, 0.6) is 0 Å². The number of rotatable bonds is 7. The number of benzene rings is 1. The van der Waals surface area contributed by atoms with E-state index in [0.29, 0.717) is 0 Å². The summed E-state index contributed by atoms with van der Waals surface area (Å²) in [6.07, 6.45) is 10.1. The van der Waals surface area contributed by atoms with Crippen LogP contribution in [0.25, 0.3) is 0 Å². The van der Waals surface area contributed by atoms with Crippen molar-refractivity contribution >= 4 is 22.6 Å². The average Bonchev–Trinajstić information content (AvgIpc) is 2.29. The molecule has 0 amide bonds. The summed E-state index contributed by atoms with van der Waals surface area (Å²) in [7, 11) is 0. The molecule has 0 bridgehead atoms. The summed E-state index contributed by atoms with van der Waals surface area (Å²) >= 11 is 2.28. The second-order valence-electron chi connectivity index (χ2n) is 3.80. The molecule has 0 radical (unpaired) electrons. The molecule has 1 rings (SSSR count). The van der Waals surface area contributed by atoms with Gasteiger partial charge >= 0.3 is 0 Å². The summed E-state index contributed by atoms with van der Waals surface area (Å²) in [5, 5.41) is 0. The van der Waals surface area contributed by atoms with Crippen molar-refractivity contribution in [2.45, 2.75) is 38.5 Å². The largest absolute Gasteiger partial charge is 0.0785 e. The number of allylic oxidation sites excluding steroid dienone is 1. The molecule has 0 atom stereocenters. The molecule has 1 aromatic rings. The van der Waals surface area contributed by atoms with Crippen molar-refractivity contribution < 1.29 is 0 Å². The van der Waals surface area contributed by atoms with Crippen LogP contribution in [0.2, 0.25) is 0 Å². The fourth-order valence-electron chi connectivity index (χ4n) is 1.65. The van der Waals surface area contributed by atoms with E-state index in [4.69, 9.17) is 0 Å². The third-order valence-corrected chi connectivity index (χ3v) is 3.03. The molecule has 0 aliphatic carbocycles. The predicted octanol–water partition coefficient (Wildman–Crippen LogP) is 5.13. The zero-order chi connectivity index (χ0) is 10.8. The van der Waals surface area contributed by atoms with Gasteiger partial charge in [0.25, 0.3) is 0 Å². The van der Waals surface area contributed by atoms with E-state index in [2.05, 4.69) is 63.1 Å². The zero-order valence-corrected chi connectivity index (χ0v) is 11.3. The Bertz CT molecular complexity index is 264. The van der Waals surface area contributed by atoms with Gasteiger partial charge in [-0.15, -0.1) is 0 Å².